The molecule has 0 spiro atoms. The van der Waals surface area contributed by atoms with E-state index in [0.717, 1.165) is 70.5 Å². The third kappa shape index (κ3) is 3.88. The summed E-state index contributed by atoms with van der Waals surface area (Å²) in [5, 5.41) is 18.7. The minimum Gasteiger partial charge on any atom is -0.390 e. The summed E-state index contributed by atoms with van der Waals surface area (Å²) in [6, 6.07) is 1.99. The summed E-state index contributed by atoms with van der Waals surface area (Å²) >= 11 is 0. The zero-order valence-corrected chi connectivity index (χ0v) is 22.2. The second-order valence-corrected chi connectivity index (χ2v) is 13.2. The van der Waals surface area contributed by atoms with Gasteiger partial charge >= 0.3 is 0 Å². The van der Waals surface area contributed by atoms with E-state index in [9.17, 15) is 18.7 Å². The molecule has 0 radical (unpaired) electrons. The Hall–Kier alpha value is -1.93. The van der Waals surface area contributed by atoms with Gasteiger partial charge in [0.2, 0.25) is 0 Å². The average Bonchev–Trinajstić information content (AvgIpc) is 3.40. The van der Waals surface area contributed by atoms with Crippen molar-refractivity contribution in [3.8, 4) is 0 Å². The van der Waals surface area contributed by atoms with Gasteiger partial charge in [0.1, 0.15) is 17.9 Å². The van der Waals surface area contributed by atoms with Gasteiger partial charge in [0, 0.05) is 25.2 Å². The molecule has 0 amide bonds. The molecule has 1 heterocycles. The number of hydrogen-bond acceptors (Lipinski definition) is 5. The number of aliphatic hydroxyl groups is 1. The largest absolute Gasteiger partial charge is 0.390 e. The Balaban J connectivity index is 1.24. The number of halogens is 2. The average molecular weight is 516 g/mol. The Bertz CT molecular complexity index is 1210. The molecule has 4 saturated carbocycles. The van der Waals surface area contributed by atoms with E-state index in [1.54, 1.807) is 0 Å². The summed E-state index contributed by atoms with van der Waals surface area (Å²) in [6.07, 6.45) is 8.96. The first kappa shape index (κ1) is 25.4. The van der Waals surface area contributed by atoms with Crippen molar-refractivity contribution in [2.75, 3.05) is 13.7 Å². The highest BCUT2D eigenvalue weighted by Crippen LogP contribution is 2.68. The van der Waals surface area contributed by atoms with Crippen molar-refractivity contribution in [3.63, 3.8) is 0 Å². The molecule has 1 aromatic carbocycles. The minimum absolute atomic E-state index is 0.00289. The lowest BCUT2D eigenvalue weighted by atomic mass is 9.43. The van der Waals surface area contributed by atoms with Gasteiger partial charge in [0.15, 0.2) is 11.6 Å². The monoisotopic (exact) mass is 515 g/mol. The van der Waals surface area contributed by atoms with Gasteiger partial charge in [-0.25, -0.2) is 13.5 Å². The molecule has 37 heavy (non-hydrogen) atoms. The number of rotatable bonds is 5. The fourth-order valence-electron chi connectivity index (χ4n) is 9.68. The van der Waals surface area contributed by atoms with Crippen LogP contribution in [-0.2, 0) is 16.1 Å². The van der Waals surface area contributed by atoms with Crippen LogP contribution in [0, 0.1) is 52.1 Å². The summed E-state index contributed by atoms with van der Waals surface area (Å²) in [7, 11) is 1.81. The summed E-state index contributed by atoms with van der Waals surface area (Å²) in [6.45, 7) is 5.05. The van der Waals surface area contributed by atoms with E-state index in [-0.39, 0.29) is 40.1 Å². The number of benzene rings is 1. The maximum Gasteiger partial charge on any atom is 0.157 e. The smallest absolute Gasteiger partial charge is 0.157 e. The van der Waals surface area contributed by atoms with Crippen molar-refractivity contribution in [1.29, 1.82) is 0 Å². The topological polar surface area (TPSA) is 77.2 Å². The second kappa shape index (κ2) is 8.80. The van der Waals surface area contributed by atoms with E-state index in [1.807, 2.05) is 14.0 Å². The Morgan fingerprint density at radius 1 is 1.11 bits per heavy atom. The normalized spacial score (nSPS) is 41.3. The van der Waals surface area contributed by atoms with Crippen molar-refractivity contribution in [3.05, 3.63) is 23.8 Å². The molecule has 6 rings (SSSR count). The number of carbonyl (C=O) groups is 1. The molecular formula is C29H39F2N3O3. The first-order valence-corrected chi connectivity index (χ1v) is 14.0. The molecule has 0 bridgehead atoms. The predicted molar refractivity (Wildman–Crippen MR) is 134 cm³/mol. The lowest BCUT2D eigenvalue weighted by molar-refractivity contribution is -0.175. The molecule has 4 fully saturated rings. The van der Waals surface area contributed by atoms with Crippen LogP contribution >= 0.6 is 0 Å². The van der Waals surface area contributed by atoms with Crippen LogP contribution in [0.4, 0.5) is 8.78 Å². The Labute approximate surface area is 217 Å². The Kier molecular flexibility index (Phi) is 6.03. The maximum atomic E-state index is 14.1. The molecule has 8 heteroatoms. The van der Waals surface area contributed by atoms with Crippen LogP contribution in [0.1, 0.15) is 71.6 Å². The standard InChI is InChI=1S/C29H39F2N3O3/c1-27(36)10-11-29(16-37-3)17(14-27)4-5-19-20-6-7-22(28(20,2)9-8-21(19)29)25(35)15-34-24-13-18(30)12-23(31)26(24)32-33-34/h12-13,17,19-22,36H,4-11,14-16H2,1-3H3. The third-order valence-corrected chi connectivity index (χ3v) is 11.3. The summed E-state index contributed by atoms with van der Waals surface area (Å²) in [4.78, 5) is 13.7. The first-order valence-electron chi connectivity index (χ1n) is 14.0. The van der Waals surface area contributed by atoms with E-state index in [2.05, 4.69) is 17.2 Å². The number of hydrogen-bond donors (Lipinski definition) is 1. The minimum atomic E-state index is -0.760. The van der Waals surface area contributed by atoms with Crippen molar-refractivity contribution in [2.24, 2.45) is 40.4 Å². The van der Waals surface area contributed by atoms with Crippen LogP contribution < -0.4 is 0 Å². The fourth-order valence-corrected chi connectivity index (χ4v) is 9.68. The summed E-state index contributed by atoms with van der Waals surface area (Å²) in [5.74, 6) is 0.664. The lowest BCUT2D eigenvalue weighted by Crippen LogP contribution is -2.58. The summed E-state index contributed by atoms with van der Waals surface area (Å²) in [5.41, 5.74) is -0.317. The number of fused-ring (bicyclic) bond motifs is 6. The zero-order valence-electron chi connectivity index (χ0n) is 22.2. The van der Waals surface area contributed by atoms with Gasteiger partial charge in [-0.1, -0.05) is 12.1 Å². The van der Waals surface area contributed by atoms with Crippen LogP contribution in [0.25, 0.3) is 11.0 Å². The maximum absolute atomic E-state index is 14.1. The molecule has 0 aliphatic heterocycles. The fraction of sp³-hybridized carbons (Fsp3) is 0.759. The van der Waals surface area contributed by atoms with Crippen LogP contribution in [-0.4, -0.2) is 45.2 Å². The molecule has 202 valence electrons. The molecule has 1 aromatic heterocycles. The summed E-state index contributed by atoms with van der Waals surface area (Å²) < 4.78 is 35.2. The zero-order chi connectivity index (χ0) is 26.2. The van der Waals surface area contributed by atoms with Gasteiger partial charge in [-0.3, -0.25) is 4.79 Å². The highest BCUT2D eigenvalue weighted by Gasteiger charge is 2.63. The Morgan fingerprint density at radius 2 is 1.92 bits per heavy atom. The molecule has 0 saturated heterocycles. The van der Waals surface area contributed by atoms with Gasteiger partial charge in [0.25, 0.3) is 0 Å². The highest BCUT2D eigenvalue weighted by atomic mass is 19.1. The van der Waals surface area contributed by atoms with Crippen LogP contribution in [0.2, 0.25) is 0 Å². The molecule has 4 aliphatic carbocycles. The molecule has 6 nitrogen and oxygen atoms in total. The van der Waals surface area contributed by atoms with Crippen LogP contribution in [0.3, 0.4) is 0 Å². The molecule has 8 atom stereocenters. The third-order valence-electron chi connectivity index (χ3n) is 11.3. The van der Waals surface area contributed by atoms with Crippen LogP contribution in [0.15, 0.2) is 12.1 Å². The van der Waals surface area contributed by atoms with Gasteiger partial charge in [0.05, 0.1) is 17.7 Å². The van der Waals surface area contributed by atoms with Crippen molar-refractivity contribution >= 4 is 16.8 Å². The van der Waals surface area contributed by atoms with E-state index in [1.165, 1.54) is 10.7 Å². The van der Waals surface area contributed by atoms with Gasteiger partial charge < -0.3 is 9.84 Å². The lowest BCUT2D eigenvalue weighted by Gasteiger charge is -2.62. The number of aromatic nitrogens is 3. The van der Waals surface area contributed by atoms with Gasteiger partial charge in [-0.05, 0) is 99.2 Å². The number of carbonyl (C=O) groups excluding carboxylic acids is 1. The van der Waals surface area contributed by atoms with Crippen molar-refractivity contribution in [2.45, 2.75) is 83.8 Å². The Morgan fingerprint density at radius 3 is 2.70 bits per heavy atom. The molecule has 1 N–H and O–H groups in total. The van der Waals surface area contributed by atoms with Crippen molar-refractivity contribution in [1.82, 2.24) is 15.0 Å². The van der Waals surface area contributed by atoms with E-state index >= 15 is 0 Å². The van der Waals surface area contributed by atoms with Gasteiger partial charge in [-0.15, -0.1) is 5.10 Å². The molecule has 8 unspecified atom stereocenters. The highest BCUT2D eigenvalue weighted by molar-refractivity contribution is 5.84. The predicted octanol–water partition coefficient (Wildman–Crippen LogP) is 5.32. The molecule has 4 aliphatic rings. The van der Waals surface area contributed by atoms with Gasteiger partial charge in [-0.2, -0.15) is 0 Å². The van der Waals surface area contributed by atoms with E-state index < -0.39 is 17.2 Å². The van der Waals surface area contributed by atoms with Crippen LogP contribution in [0.5, 0.6) is 0 Å². The van der Waals surface area contributed by atoms with E-state index in [0.29, 0.717) is 23.7 Å². The van der Waals surface area contributed by atoms with Crippen molar-refractivity contribution < 1.29 is 23.4 Å². The molecular weight excluding hydrogens is 476 g/mol. The first-order chi connectivity index (χ1) is 17.6. The number of methoxy groups -OCH3 is 1. The second-order valence-electron chi connectivity index (χ2n) is 13.2. The SMILES string of the molecule is COCC12CCC(C)(O)CC1CCC1C3CCC(C(=O)Cn4nnc5c(F)cc(F)cc54)C3(C)CCC12. The van der Waals surface area contributed by atoms with E-state index in [4.69, 9.17) is 4.74 Å². The number of ether oxygens (including phenoxy) is 1. The quantitative estimate of drug-likeness (QED) is 0.584. The number of nitrogens with zero attached hydrogens (tertiary/aromatic N) is 3. The molecule has 2 aromatic rings. The number of ketones is 1. The number of Topliss-reactive ketones (excluding diaryl/α,β-unsaturated/α-hetero) is 1.